The maximum absolute atomic E-state index is 13.1. The van der Waals surface area contributed by atoms with Crippen LogP contribution >= 0.6 is 0 Å². The molecule has 1 aromatic heterocycles. The van der Waals surface area contributed by atoms with Crippen LogP contribution in [0.2, 0.25) is 0 Å². The molecule has 1 amide bonds. The fraction of sp³-hybridized carbons (Fsp3) is 0.120. The number of nitrogens with zero attached hydrogens (tertiary/aromatic N) is 2. The highest BCUT2D eigenvalue weighted by Crippen LogP contribution is 2.29. The van der Waals surface area contributed by atoms with Crippen LogP contribution in [-0.4, -0.2) is 22.8 Å². The van der Waals surface area contributed by atoms with Crippen molar-refractivity contribution in [2.75, 3.05) is 7.11 Å². The maximum atomic E-state index is 13.1. The summed E-state index contributed by atoms with van der Waals surface area (Å²) in [7, 11) is 1.63. The molecule has 1 heterocycles. The number of rotatable bonds is 6. The standard InChI is InChI=1S/C25H23N3O2/c1-25(19-9-5-3-6-10-19,20-11-7-4-8-12-20)26-24(29)23-17-18-28(27-23)21-13-15-22(30-2)16-14-21/h3-18H,1-2H3,(H,26,29). The van der Waals surface area contributed by atoms with Crippen molar-refractivity contribution in [2.24, 2.45) is 0 Å². The van der Waals surface area contributed by atoms with E-state index in [-0.39, 0.29) is 5.91 Å². The summed E-state index contributed by atoms with van der Waals surface area (Å²) < 4.78 is 6.87. The molecule has 30 heavy (non-hydrogen) atoms. The summed E-state index contributed by atoms with van der Waals surface area (Å²) in [6.45, 7) is 2.01. The second-order valence-corrected chi connectivity index (χ2v) is 7.15. The molecule has 0 radical (unpaired) electrons. The lowest BCUT2D eigenvalue weighted by molar-refractivity contribution is 0.0913. The maximum Gasteiger partial charge on any atom is 0.272 e. The molecule has 0 aliphatic heterocycles. The molecule has 5 nitrogen and oxygen atoms in total. The van der Waals surface area contributed by atoms with Gasteiger partial charge in [0.2, 0.25) is 0 Å². The van der Waals surface area contributed by atoms with E-state index in [2.05, 4.69) is 10.4 Å². The minimum Gasteiger partial charge on any atom is -0.497 e. The normalized spacial score (nSPS) is 11.1. The smallest absolute Gasteiger partial charge is 0.272 e. The first-order valence-corrected chi connectivity index (χ1v) is 9.74. The zero-order chi connectivity index (χ0) is 21.0. The van der Waals surface area contributed by atoms with Crippen LogP contribution in [0.4, 0.5) is 0 Å². The highest BCUT2D eigenvalue weighted by molar-refractivity contribution is 5.93. The Morgan fingerprint density at radius 2 is 1.43 bits per heavy atom. The number of carbonyl (C=O) groups is 1. The molecular weight excluding hydrogens is 374 g/mol. The Hall–Kier alpha value is -3.86. The van der Waals surface area contributed by atoms with Crippen LogP contribution in [0.3, 0.4) is 0 Å². The fourth-order valence-electron chi connectivity index (χ4n) is 3.47. The molecule has 4 rings (SSSR count). The van der Waals surface area contributed by atoms with Gasteiger partial charge in [-0.1, -0.05) is 60.7 Å². The SMILES string of the molecule is COc1ccc(-n2ccc(C(=O)NC(C)(c3ccccc3)c3ccccc3)n2)cc1. The molecule has 0 saturated carbocycles. The van der Waals surface area contributed by atoms with Crippen LogP contribution in [0.5, 0.6) is 5.75 Å². The molecule has 1 N–H and O–H groups in total. The first-order valence-electron chi connectivity index (χ1n) is 9.74. The van der Waals surface area contributed by atoms with Crippen molar-refractivity contribution in [3.8, 4) is 11.4 Å². The van der Waals surface area contributed by atoms with E-state index < -0.39 is 5.54 Å². The van der Waals surface area contributed by atoms with E-state index in [1.54, 1.807) is 24.1 Å². The third kappa shape index (κ3) is 3.82. The van der Waals surface area contributed by atoms with E-state index in [9.17, 15) is 4.79 Å². The lowest BCUT2D eigenvalue weighted by Crippen LogP contribution is -2.44. The average molecular weight is 397 g/mol. The number of ether oxygens (including phenoxy) is 1. The first-order chi connectivity index (χ1) is 14.6. The molecule has 3 aromatic carbocycles. The van der Waals surface area contributed by atoms with Crippen LogP contribution in [0.25, 0.3) is 5.69 Å². The van der Waals surface area contributed by atoms with Gasteiger partial charge < -0.3 is 10.1 Å². The summed E-state index contributed by atoms with van der Waals surface area (Å²) in [4.78, 5) is 13.1. The van der Waals surface area contributed by atoms with E-state index in [1.165, 1.54) is 0 Å². The Kier molecular flexibility index (Phi) is 5.35. The largest absolute Gasteiger partial charge is 0.497 e. The molecule has 5 heteroatoms. The van der Waals surface area contributed by atoms with Gasteiger partial charge in [0.15, 0.2) is 5.69 Å². The molecule has 0 unspecified atom stereocenters. The summed E-state index contributed by atoms with van der Waals surface area (Å²) in [5, 5.41) is 7.66. The predicted molar refractivity (Wildman–Crippen MR) is 117 cm³/mol. The molecule has 0 atom stereocenters. The lowest BCUT2D eigenvalue weighted by atomic mass is 9.84. The van der Waals surface area contributed by atoms with Crippen molar-refractivity contribution < 1.29 is 9.53 Å². The van der Waals surface area contributed by atoms with Crippen LogP contribution in [0.15, 0.2) is 97.2 Å². The highest BCUT2D eigenvalue weighted by Gasteiger charge is 2.31. The molecule has 0 aliphatic carbocycles. The molecule has 0 aliphatic rings. The van der Waals surface area contributed by atoms with Gasteiger partial charge in [0.25, 0.3) is 5.91 Å². The molecule has 0 bridgehead atoms. The van der Waals surface area contributed by atoms with Crippen molar-refractivity contribution in [1.82, 2.24) is 15.1 Å². The van der Waals surface area contributed by atoms with Crippen LogP contribution < -0.4 is 10.1 Å². The van der Waals surface area contributed by atoms with E-state index in [1.807, 2.05) is 91.9 Å². The highest BCUT2D eigenvalue weighted by atomic mass is 16.5. The van der Waals surface area contributed by atoms with Gasteiger partial charge in [-0.25, -0.2) is 4.68 Å². The third-order valence-electron chi connectivity index (χ3n) is 5.22. The number of amides is 1. The molecule has 0 fully saturated rings. The molecule has 4 aromatic rings. The van der Waals surface area contributed by atoms with E-state index in [0.29, 0.717) is 5.69 Å². The van der Waals surface area contributed by atoms with Gasteiger partial charge >= 0.3 is 0 Å². The second kappa shape index (κ2) is 8.25. The topological polar surface area (TPSA) is 56.1 Å². The molecular formula is C25H23N3O2. The number of nitrogens with one attached hydrogen (secondary N) is 1. The van der Waals surface area contributed by atoms with Crippen LogP contribution in [0.1, 0.15) is 28.5 Å². The Morgan fingerprint density at radius 3 is 1.97 bits per heavy atom. The lowest BCUT2D eigenvalue weighted by Gasteiger charge is -2.32. The van der Waals surface area contributed by atoms with E-state index in [0.717, 1.165) is 22.6 Å². The van der Waals surface area contributed by atoms with Gasteiger partial charge in [0.05, 0.1) is 18.3 Å². The van der Waals surface area contributed by atoms with Crippen molar-refractivity contribution in [1.29, 1.82) is 0 Å². The number of benzene rings is 3. The fourth-order valence-corrected chi connectivity index (χ4v) is 3.47. The van der Waals surface area contributed by atoms with E-state index >= 15 is 0 Å². The summed E-state index contributed by atoms with van der Waals surface area (Å²) in [5.41, 5.74) is 2.51. The van der Waals surface area contributed by atoms with Gasteiger partial charge in [-0.15, -0.1) is 0 Å². The Balaban J connectivity index is 1.63. The molecule has 0 saturated heterocycles. The summed E-state index contributed by atoms with van der Waals surface area (Å²) in [6, 6.07) is 29.1. The summed E-state index contributed by atoms with van der Waals surface area (Å²) in [5.74, 6) is 0.530. The van der Waals surface area contributed by atoms with Gasteiger partial charge in [-0.3, -0.25) is 4.79 Å². The number of hydrogen-bond donors (Lipinski definition) is 1. The predicted octanol–water partition coefficient (Wildman–Crippen LogP) is 4.57. The number of methoxy groups -OCH3 is 1. The monoisotopic (exact) mass is 397 g/mol. The number of hydrogen-bond acceptors (Lipinski definition) is 3. The Labute approximate surface area is 175 Å². The number of carbonyl (C=O) groups excluding carboxylic acids is 1. The van der Waals surface area contributed by atoms with Crippen LogP contribution in [-0.2, 0) is 5.54 Å². The van der Waals surface area contributed by atoms with Crippen LogP contribution in [0, 0.1) is 0 Å². The third-order valence-corrected chi connectivity index (χ3v) is 5.22. The summed E-state index contributed by atoms with van der Waals surface area (Å²) >= 11 is 0. The van der Waals surface area contributed by atoms with Gasteiger partial charge in [0, 0.05) is 6.20 Å². The summed E-state index contributed by atoms with van der Waals surface area (Å²) in [6.07, 6.45) is 1.78. The van der Waals surface area contributed by atoms with Gasteiger partial charge in [-0.05, 0) is 48.4 Å². The minimum atomic E-state index is -0.691. The Bertz CT molecular complexity index is 1080. The van der Waals surface area contributed by atoms with Crippen molar-refractivity contribution >= 4 is 5.91 Å². The zero-order valence-corrected chi connectivity index (χ0v) is 16.9. The quantitative estimate of drug-likeness (QED) is 0.518. The zero-order valence-electron chi connectivity index (χ0n) is 16.9. The molecule has 150 valence electrons. The minimum absolute atomic E-state index is 0.238. The molecule has 0 spiro atoms. The number of aromatic nitrogens is 2. The first kappa shape index (κ1) is 19.5. The van der Waals surface area contributed by atoms with Gasteiger partial charge in [0.1, 0.15) is 5.75 Å². The van der Waals surface area contributed by atoms with Crippen molar-refractivity contribution in [3.63, 3.8) is 0 Å². The Morgan fingerprint density at radius 1 is 0.867 bits per heavy atom. The van der Waals surface area contributed by atoms with Crippen molar-refractivity contribution in [2.45, 2.75) is 12.5 Å². The van der Waals surface area contributed by atoms with Crippen molar-refractivity contribution in [3.05, 3.63) is 114 Å². The average Bonchev–Trinajstić information content (AvgIpc) is 3.31. The second-order valence-electron chi connectivity index (χ2n) is 7.15. The van der Waals surface area contributed by atoms with Gasteiger partial charge in [-0.2, -0.15) is 5.10 Å². The van der Waals surface area contributed by atoms with E-state index in [4.69, 9.17) is 4.74 Å².